The highest BCUT2D eigenvalue weighted by Gasteiger charge is 2.13. The van der Waals surface area contributed by atoms with Crippen LogP contribution in [-0.2, 0) is 6.54 Å². The van der Waals surface area contributed by atoms with Gasteiger partial charge in [0.2, 0.25) is 0 Å². The standard InChI is InChI=1S/C13H11N3O2S/c1-9-2-5-12(13(6-9)16(17)18)15-8-11-4-3-10(7-14)19-11/h2-6,15H,8H2,1H3. The van der Waals surface area contributed by atoms with Gasteiger partial charge in [0.05, 0.1) is 4.92 Å². The Morgan fingerprint density at radius 1 is 1.42 bits per heavy atom. The molecule has 2 rings (SSSR count). The predicted octanol–water partition coefficient (Wildman–Crippen LogP) is 3.45. The molecular weight excluding hydrogens is 262 g/mol. The van der Waals surface area contributed by atoms with Crippen molar-refractivity contribution in [1.82, 2.24) is 0 Å². The molecule has 96 valence electrons. The van der Waals surface area contributed by atoms with E-state index in [1.54, 1.807) is 12.1 Å². The monoisotopic (exact) mass is 273 g/mol. The lowest BCUT2D eigenvalue weighted by atomic mass is 10.2. The maximum atomic E-state index is 11.0. The molecule has 2 aromatic rings. The van der Waals surface area contributed by atoms with E-state index in [-0.39, 0.29) is 5.69 Å². The van der Waals surface area contributed by atoms with Gasteiger partial charge < -0.3 is 5.32 Å². The van der Waals surface area contributed by atoms with E-state index in [1.165, 1.54) is 17.4 Å². The van der Waals surface area contributed by atoms with Gasteiger partial charge in [-0.2, -0.15) is 5.26 Å². The molecule has 0 radical (unpaired) electrons. The Bertz CT molecular complexity index is 658. The predicted molar refractivity (Wildman–Crippen MR) is 74.2 cm³/mol. The summed E-state index contributed by atoms with van der Waals surface area (Å²) >= 11 is 1.38. The van der Waals surface area contributed by atoms with Crippen molar-refractivity contribution in [2.45, 2.75) is 13.5 Å². The second-order valence-electron chi connectivity index (χ2n) is 4.01. The average Bonchev–Trinajstić information content (AvgIpc) is 2.85. The molecule has 0 unspecified atom stereocenters. The highest BCUT2D eigenvalue weighted by atomic mass is 32.1. The Hall–Kier alpha value is -2.39. The molecule has 19 heavy (non-hydrogen) atoms. The van der Waals surface area contributed by atoms with E-state index >= 15 is 0 Å². The molecule has 0 amide bonds. The number of nitrogens with zero attached hydrogens (tertiary/aromatic N) is 2. The zero-order chi connectivity index (χ0) is 13.8. The molecule has 1 heterocycles. The van der Waals surface area contributed by atoms with Crippen LogP contribution in [0.5, 0.6) is 0 Å². The highest BCUT2D eigenvalue weighted by molar-refractivity contribution is 7.12. The van der Waals surface area contributed by atoms with Crippen molar-refractivity contribution in [2.24, 2.45) is 0 Å². The first-order valence-electron chi connectivity index (χ1n) is 5.58. The van der Waals surface area contributed by atoms with E-state index in [1.807, 2.05) is 19.1 Å². The summed E-state index contributed by atoms with van der Waals surface area (Å²) in [6.45, 7) is 2.28. The molecule has 0 saturated heterocycles. The molecule has 0 atom stereocenters. The first-order chi connectivity index (χ1) is 9.10. The van der Waals surface area contributed by atoms with Crippen LogP contribution in [0.25, 0.3) is 0 Å². The summed E-state index contributed by atoms with van der Waals surface area (Å²) < 4.78 is 0. The Morgan fingerprint density at radius 3 is 2.84 bits per heavy atom. The number of rotatable bonds is 4. The third-order valence-electron chi connectivity index (χ3n) is 2.57. The van der Waals surface area contributed by atoms with Crippen molar-refractivity contribution in [3.63, 3.8) is 0 Å². The van der Waals surface area contributed by atoms with Crippen LogP contribution in [0.2, 0.25) is 0 Å². The van der Waals surface area contributed by atoms with E-state index in [0.717, 1.165) is 10.4 Å². The summed E-state index contributed by atoms with van der Waals surface area (Å²) in [6.07, 6.45) is 0. The number of nitro benzene ring substituents is 1. The fourth-order valence-electron chi connectivity index (χ4n) is 1.66. The summed E-state index contributed by atoms with van der Waals surface area (Å²) in [5, 5.41) is 22.7. The SMILES string of the molecule is Cc1ccc(NCc2ccc(C#N)s2)c([N+](=O)[O-])c1. The van der Waals surface area contributed by atoms with Gasteiger partial charge in [-0.1, -0.05) is 6.07 Å². The molecular formula is C13H11N3O2S. The van der Waals surface area contributed by atoms with E-state index in [2.05, 4.69) is 11.4 Å². The van der Waals surface area contributed by atoms with Crippen LogP contribution in [-0.4, -0.2) is 4.92 Å². The lowest BCUT2D eigenvalue weighted by Crippen LogP contribution is -2.01. The number of benzene rings is 1. The van der Waals surface area contributed by atoms with Crippen LogP contribution in [0.3, 0.4) is 0 Å². The molecule has 6 heteroatoms. The number of nitro groups is 1. The van der Waals surface area contributed by atoms with Crippen LogP contribution >= 0.6 is 11.3 Å². The Kier molecular flexibility index (Phi) is 3.78. The average molecular weight is 273 g/mol. The second kappa shape index (κ2) is 5.50. The largest absolute Gasteiger partial charge is 0.375 e. The first-order valence-corrected chi connectivity index (χ1v) is 6.39. The van der Waals surface area contributed by atoms with Crippen molar-refractivity contribution in [1.29, 1.82) is 5.26 Å². The minimum absolute atomic E-state index is 0.0667. The van der Waals surface area contributed by atoms with Gasteiger partial charge in [0.1, 0.15) is 16.6 Å². The number of hydrogen-bond acceptors (Lipinski definition) is 5. The van der Waals surface area contributed by atoms with Crippen LogP contribution < -0.4 is 5.32 Å². The summed E-state index contributed by atoms with van der Waals surface area (Å²) in [7, 11) is 0. The van der Waals surface area contributed by atoms with E-state index in [0.29, 0.717) is 17.1 Å². The van der Waals surface area contributed by atoms with Gasteiger partial charge in [-0.15, -0.1) is 11.3 Å². The number of aryl methyl sites for hydroxylation is 1. The van der Waals surface area contributed by atoms with Crippen LogP contribution in [0, 0.1) is 28.4 Å². The first kappa shape index (κ1) is 13.1. The van der Waals surface area contributed by atoms with Crippen molar-refractivity contribution < 1.29 is 4.92 Å². The maximum absolute atomic E-state index is 11.0. The zero-order valence-electron chi connectivity index (χ0n) is 10.2. The van der Waals surface area contributed by atoms with E-state index in [4.69, 9.17) is 5.26 Å². The van der Waals surface area contributed by atoms with Gasteiger partial charge in [0.25, 0.3) is 5.69 Å². The van der Waals surface area contributed by atoms with Gasteiger partial charge in [0, 0.05) is 17.5 Å². The molecule has 0 bridgehead atoms. The van der Waals surface area contributed by atoms with Crippen molar-refractivity contribution in [3.05, 3.63) is 55.8 Å². The highest BCUT2D eigenvalue weighted by Crippen LogP contribution is 2.26. The van der Waals surface area contributed by atoms with Crippen molar-refractivity contribution in [3.8, 4) is 6.07 Å². The Balaban J connectivity index is 2.15. The molecule has 0 spiro atoms. The number of thiophene rings is 1. The minimum atomic E-state index is -0.398. The molecule has 0 fully saturated rings. The van der Waals surface area contributed by atoms with Gasteiger partial charge in [-0.25, -0.2) is 0 Å². The topological polar surface area (TPSA) is 79.0 Å². The number of nitrogens with one attached hydrogen (secondary N) is 1. The molecule has 1 N–H and O–H groups in total. The lowest BCUT2D eigenvalue weighted by Gasteiger charge is -2.06. The summed E-state index contributed by atoms with van der Waals surface area (Å²) in [6, 6.07) is 10.7. The summed E-state index contributed by atoms with van der Waals surface area (Å²) in [5.41, 5.74) is 1.40. The van der Waals surface area contributed by atoms with Crippen LogP contribution in [0.1, 0.15) is 15.3 Å². The second-order valence-corrected chi connectivity index (χ2v) is 5.18. The Morgan fingerprint density at radius 2 is 2.21 bits per heavy atom. The third-order valence-corrected chi connectivity index (χ3v) is 3.56. The quantitative estimate of drug-likeness (QED) is 0.683. The summed E-state index contributed by atoms with van der Waals surface area (Å²) in [4.78, 5) is 12.2. The number of anilines is 1. The molecule has 0 saturated carbocycles. The molecule has 0 aliphatic carbocycles. The molecule has 1 aromatic carbocycles. The van der Waals surface area contributed by atoms with Gasteiger partial charge >= 0.3 is 0 Å². The van der Waals surface area contributed by atoms with Crippen molar-refractivity contribution in [2.75, 3.05) is 5.32 Å². The fourth-order valence-corrected chi connectivity index (χ4v) is 2.40. The maximum Gasteiger partial charge on any atom is 0.292 e. The molecule has 1 aromatic heterocycles. The smallest absolute Gasteiger partial charge is 0.292 e. The van der Waals surface area contributed by atoms with Gasteiger partial charge in [-0.3, -0.25) is 10.1 Å². The minimum Gasteiger partial charge on any atom is -0.375 e. The van der Waals surface area contributed by atoms with Gasteiger partial charge in [0.15, 0.2) is 0 Å². The fraction of sp³-hybridized carbons (Fsp3) is 0.154. The van der Waals surface area contributed by atoms with E-state index < -0.39 is 4.92 Å². The van der Waals surface area contributed by atoms with Gasteiger partial charge in [-0.05, 0) is 30.7 Å². The van der Waals surface area contributed by atoms with Crippen molar-refractivity contribution >= 4 is 22.7 Å². The summed E-state index contributed by atoms with van der Waals surface area (Å²) in [5.74, 6) is 0. The number of nitriles is 1. The Labute approximate surface area is 114 Å². The number of hydrogen-bond donors (Lipinski definition) is 1. The molecule has 5 nitrogen and oxygen atoms in total. The van der Waals surface area contributed by atoms with Crippen LogP contribution in [0.15, 0.2) is 30.3 Å². The normalized spacial score (nSPS) is 9.89. The van der Waals surface area contributed by atoms with E-state index in [9.17, 15) is 10.1 Å². The third kappa shape index (κ3) is 3.09. The molecule has 0 aliphatic heterocycles. The molecule has 0 aliphatic rings. The zero-order valence-corrected chi connectivity index (χ0v) is 11.0. The lowest BCUT2D eigenvalue weighted by molar-refractivity contribution is -0.384. The van der Waals surface area contributed by atoms with Crippen LogP contribution in [0.4, 0.5) is 11.4 Å².